The Balaban J connectivity index is 1.75. The van der Waals surface area contributed by atoms with Gasteiger partial charge in [0, 0.05) is 17.1 Å². The minimum Gasteiger partial charge on any atom is -0.461 e. The second kappa shape index (κ2) is 7.43. The van der Waals surface area contributed by atoms with Crippen molar-refractivity contribution in [1.82, 2.24) is 0 Å². The fraction of sp³-hybridized carbons (Fsp3) is 0.200. The van der Waals surface area contributed by atoms with Crippen LogP contribution in [0, 0.1) is 6.92 Å². The maximum Gasteiger partial charge on any atom is 0.224 e. The molecule has 3 aromatic rings. The van der Waals surface area contributed by atoms with Crippen molar-refractivity contribution in [2.24, 2.45) is 0 Å². The summed E-state index contributed by atoms with van der Waals surface area (Å²) in [5, 5.41) is 0. The van der Waals surface area contributed by atoms with Gasteiger partial charge < -0.3 is 4.42 Å². The van der Waals surface area contributed by atoms with E-state index < -0.39 is 0 Å². The number of Topliss-reactive ketones (excluding diaryl/α,β-unsaturated/α-hetero) is 2. The maximum absolute atomic E-state index is 13.1. The summed E-state index contributed by atoms with van der Waals surface area (Å²) in [5.41, 5.74) is 4.90. The normalized spacial score (nSPS) is 18.7. The summed E-state index contributed by atoms with van der Waals surface area (Å²) in [7, 11) is 0. The number of carbonyl (C=O) groups excluding carboxylic acids is 2. The number of carbonyl (C=O) groups is 2. The smallest absolute Gasteiger partial charge is 0.224 e. The first-order valence-electron chi connectivity index (χ1n) is 9.50. The molecule has 1 aliphatic carbocycles. The molecule has 1 heterocycles. The standard InChI is InChI=1S/C25H22O3/c1-16-5-7-19(8-6-16)21-13-14-22(25(27)23-4-3-15-28-23)24(21)20-11-9-18(10-12-20)17(2)26/h3-12,14-15,21,24H,13H2,1-2H3/t21-,24-/m1/s1. The summed E-state index contributed by atoms with van der Waals surface area (Å²) < 4.78 is 5.36. The highest BCUT2D eigenvalue weighted by Gasteiger charge is 2.36. The molecule has 140 valence electrons. The highest BCUT2D eigenvalue weighted by molar-refractivity contribution is 6.08. The Morgan fingerprint density at radius 3 is 2.21 bits per heavy atom. The molecule has 1 aromatic heterocycles. The fourth-order valence-corrected chi connectivity index (χ4v) is 4.00. The zero-order valence-electron chi connectivity index (χ0n) is 16.0. The van der Waals surface area contributed by atoms with E-state index in [1.807, 2.05) is 30.3 Å². The third kappa shape index (κ3) is 3.36. The molecule has 0 aliphatic heterocycles. The van der Waals surface area contributed by atoms with Crippen molar-refractivity contribution in [2.45, 2.75) is 32.1 Å². The van der Waals surface area contributed by atoms with Gasteiger partial charge in [0.15, 0.2) is 11.5 Å². The van der Waals surface area contributed by atoms with Gasteiger partial charge in [0.05, 0.1) is 6.26 Å². The van der Waals surface area contributed by atoms with E-state index in [2.05, 4.69) is 31.2 Å². The largest absolute Gasteiger partial charge is 0.461 e. The van der Waals surface area contributed by atoms with Crippen LogP contribution in [0.4, 0.5) is 0 Å². The zero-order valence-corrected chi connectivity index (χ0v) is 16.0. The predicted octanol–water partition coefficient (Wildman–Crippen LogP) is 5.87. The monoisotopic (exact) mass is 370 g/mol. The van der Waals surface area contributed by atoms with Crippen molar-refractivity contribution in [3.05, 3.63) is 107 Å². The zero-order chi connectivity index (χ0) is 19.7. The second-order valence-corrected chi connectivity index (χ2v) is 7.37. The fourth-order valence-electron chi connectivity index (χ4n) is 4.00. The molecule has 2 aromatic carbocycles. The molecule has 28 heavy (non-hydrogen) atoms. The van der Waals surface area contributed by atoms with Crippen LogP contribution in [0.5, 0.6) is 0 Å². The molecule has 3 nitrogen and oxygen atoms in total. The molecule has 4 rings (SSSR count). The Bertz CT molecular complexity index is 1020. The molecule has 0 saturated carbocycles. The number of hydrogen-bond acceptors (Lipinski definition) is 3. The molecule has 0 amide bonds. The highest BCUT2D eigenvalue weighted by atomic mass is 16.3. The lowest BCUT2D eigenvalue weighted by atomic mass is 9.79. The van der Waals surface area contributed by atoms with Crippen molar-refractivity contribution < 1.29 is 14.0 Å². The molecule has 0 spiro atoms. The van der Waals surface area contributed by atoms with Crippen LogP contribution in [0.1, 0.15) is 62.8 Å². The average molecular weight is 370 g/mol. The van der Waals surface area contributed by atoms with Crippen LogP contribution < -0.4 is 0 Å². The van der Waals surface area contributed by atoms with Crippen LogP contribution in [0.25, 0.3) is 0 Å². The quantitative estimate of drug-likeness (QED) is 0.528. The molecule has 2 atom stereocenters. The van der Waals surface area contributed by atoms with E-state index in [0.717, 1.165) is 17.6 Å². The molecule has 0 bridgehead atoms. The van der Waals surface area contributed by atoms with Gasteiger partial charge in [0.1, 0.15) is 0 Å². The van der Waals surface area contributed by atoms with E-state index in [9.17, 15) is 9.59 Å². The Hall–Kier alpha value is -3.20. The Labute approximate surface area is 164 Å². The van der Waals surface area contributed by atoms with Gasteiger partial charge in [-0.15, -0.1) is 0 Å². The van der Waals surface area contributed by atoms with Gasteiger partial charge >= 0.3 is 0 Å². The summed E-state index contributed by atoms with van der Waals surface area (Å²) in [6.07, 6.45) is 4.36. The maximum atomic E-state index is 13.1. The van der Waals surface area contributed by atoms with Crippen LogP contribution in [-0.4, -0.2) is 11.6 Å². The topological polar surface area (TPSA) is 47.3 Å². The van der Waals surface area contributed by atoms with Gasteiger partial charge in [-0.2, -0.15) is 0 Å². The SMILES string of the molecule is CC(=O)c1ccc([C@H]2C(C(=O)c3ccco3)=CC[C@@H]2c2ccc(C)cc2)cc1. The molecule has 0 radical (unpaired) electrons. The summed E-state index contributed by atoms with van der Waals surface area (Å²) in [4.78, 5) is 24.7. The van der Waals surface area contributed by atoms with Crippen molar-refractivity contribution in [3.63, 3.8) is 0 Å². The van der Waals surface area contributed by atoms with Crippen LogP contribution in [0.2, 0.25) is 0 Å². The summed E-state index contributed by atoms with van der Waals surface area (Å²) in [6.45, 7) is 3.63. The highest BCUT2D eigenvalue weighted by Crippen LogP contribution is 2.47. The molecule has 0 unspecified atom stereocenters. The van der Waals surface area contributed by atoms with Crippen LogP contribution >= 0.6 is 0 Å². The first-order chi connectivity index (χ1) is 13.5. The molecule has 0 fully saturated rings. The third-order valence-electron chi connectivity index (χ3n) is 5.52. The number of rotatable bonds is 5. The van der Waals surface area contributed by atoms with Crippen LogP contribution in [0.15, 0.2) is 83.0 Å². The van der Waals surface area contributed by atoms with Gasteiger partial charge in [-0.3, -0.25) is 9.59 Å². The molecular formula is C25H22O3. The van der Waals surface area contributed by atoms with Crippen LogP contribution in [-0.2, 0) is 0 Å². The van der Waals surface area contributed by atoms with E-state index in [1.54, 1.807) is 19.1 Å². The molecular weight excluding hydrogens is 348 g/mol. The van der Waals surface area contributed by atoms with Gasteiger partial charge in [-0.1, -0.05) is 60.2 Å². The first-order valence-corrected chi connectivity index (χ1v) is 9.50. The van der Waals surface area contributed by atoms with E-state index >= 15 is 0 Å². The number of aryl methyl sites for hydroxylation is 1. The predicted molar refractivity (Wildman–Crippen MR) is 109 cm³/mol. The van der Waals surface area contributed by atoms with Crippen LogP contribution in [0.3, 0.4) is 0 Å². The minimum atomic E-state index is -0.0692. The van der Waals surface area contributed by atoms with Gasteiger partial charge in [-0.25, -0.2) is 0 Å². The summed E-state index contributed by atoms with van der Waals surface area (Å²) >= 11 is 0. The van der Waals surface area contributed by atoms with Gasteiger partial charge in [-0.05, 0) is 49.4 Å². The van der Waals surface area contributed by atoms with Crippen molar-refractivity contribution in [3.8, 4) is 0 Å². The minimum absolute atomic E-state index is 0.0375. The van der Waals surface area contributed by atoms with E-state index in [-0.39, 0.29) is 23.4 Å². The number of ketones is 2. The Morgan fingerprint density at radius 2 is 1.61 bits per heavy atom. The van der Waals surface area contributed by atoms with E-state index in [1.165, 1.54) is 17.4 Å². The van der Waals surface area contributed by atoms with Crippen molar-refractivity contribution in [1.29, 1.82) is 0 Å². The molecule has 3 heteroatoms. The number of furan rings is 1. The number of benzene rings is 2. The molecule has 1 aliphatic rings. The summed E-state index contributed by atoms with van der Waals surface area (Å²) in [6, 6.07) is 19.6. The second-order valence-electron chi connectivity index (χ2n) is 7.37. The Morgan fingerprint density at radius 1 is 0.929 bits per heavy atom. The van der Waals surface area contributed by atoms with Gasteiger partial charge in [0.25, 0.3) is 0 Å². The third-order valence-corrected chi connectivity index (χ3v) is 5.52. The molecule has 0 N–H and O–H groups in total. The lowest BCUT2D eigenvalue weighted by molar-refractivity contribution is 0.0994. The average Bonchev–Trinajstić information content (AvgIpc) is 3.38. The summed E-state index contributed by atoms with van der Waals surface area (Å²) in [5.74, 6) is 0.441. The van der Waals surface area contributed by atoms with Crippen molar-refractivity contribution in [2.75, 3.05) is 0 Å². The number of allylic oxidation sites excluding steroid dienone is 2. The lowest BCUT2D eigenvalue weighted by Crippen LogP contribution is -2.14. The number of hydrogen-bond donors (Lipinski definition) is 0. The first kappa shape index (κ1) is 18.2. The lowest BCUT2D eigenvalue weighted by Gasteiger charge is -2.24. The van der Waals surface area contributed by atoms with E-state index in [0.29, 0.717) is 11.3 Å². The van der Waals surface area contributed by atoms with Crippen molar-refractivity contribution >= 4 is 11.6 Å². The molecule has 0 saturated heterocycles. The Kier molecular flexibility index (Phi) is 4.82. The van der Waals surface area contributed by atoms with E-state index in [4.69, 9.17) is 4.42 Å². The van der Waals surface area contributed by atoms with Gasteiger partial charge in [0.2, 0.25) is 5.78 Å².